The molecule has 2 aliphatic rings. The van der Waals surface area contributed by atoms with Crippen LogP contribution >= 0.6 is 0 Å². The first-order valence-corrected chi connectivity index (χ1v) is 6.49. The number of amides is 3. The molecule has 0 aromatic rings. The Morgan fingerprint density at radius 2 is 2.11 bits per heavy atom. The first-order chi connectivity index (χ1) is 8.63. The SMILES string of the molecule is CCCNC(=O)CNC1CC(=O)N(C2CC2)C1=O. The average Bonchev–Trinajstić information content (AvgIpc) is 3.12. The highest BCUT2D eigenvalue weighted by Gasteiger charge is 2.45. The van der Waals surface area contributed by atoms with Crippen molar-refractivity contribution in [2.45, 2.75) is 44.7 Å². The fraction of sp³-hybridized carbons (Fsp3) is 0.750. The Bertz CT molecular complexity index is 366. The topological polar surface area (TPSA) is 78.5 Å². The molecule has 1 aliphatic heterocycles. The molecule has 18 heavy (non-hydrogen) atoms. The summed E-state index contributed by atoms with van der Waals surface area (Å²) in [6.07, 6.45) is 2.89. The van der Waals surface area contributed by atoms with Gasteiger partial charge in [-0.1, -0.05) is 6.92 Å². The molecule has 6 nitrogen and oxygen atoms in total. The normalized spacial score (nSPS) is 23.6. The van der Waals surface area contributed by atoms with E-state index >= 15 is 0 Å². The van der Waals surface area contributed by atoms with Crippen LogP contribution in [-0.2, 0) is 14.4 Å². The zero-order chi connectivity index (χ0) is 13.1. The third-order valence-electron chi connectivity index (χ3n) is 3.18. The molecule has 2 rings (SSSR count). The molecule has 100 valence electrons. The molecule has 6 heteroatoms. The quantitative estimate of drug-likeness (QED) is 0.619. The van der Waals surface area contributed by atoms with Gasteiger partial charge >= 0.3 is 0 Å². The van der Waals surface area contributed by atoms with Gasteiger partial charge in [0.2, 0.25) is 17.7 Å². The number of likely N-dealkylation sites (tertiary alicyclic amines) is 1. The first kappa shape index (κ1) is 13.0. The molecule has 1 aliphatic carbocycles. The number of carbonyl (C=O) groups excluding carboxylic acids is 3. The van der Waals surface area contributed by atoms with Crippen molar-refractivity contribution in [1.29, 1.82) is 0 Å². The zero-order valence-corrected chi connectivity index (χ0v) is 10.6. The predicted octanol–water partition coefficient (Wildman–Crippen LogP) is -0.608. The number of carbonyl (C=O) groups is 3. The van der Waals surface area contributed by atoms with Crippen LogP contribution in [-0.4, -0.2) is 47.8 Å². The third kappa shape index (κ3) is 2.87. The highest BCUT2D eigenvalue weighted by atomic mass is 16.2. The lowest BCUT2D eigenvalue weighted by Crippen LogP contribution is -2.44. The first-order valence-electron chi connectivity index (χ1n) is 6.49. The Kier molecular flexibility index (Phi) is 3.96. The fourth-order valence-electron chi connectivity index (χ4n) is 2.07. The van der Waals surface area contributed by atoms with Crippen LogP contribution in [0, 0.1) is 0 Å². The minimum absolute atomic E-state index is 0.0855. The van der Waals surface area contributed by atoms with E-state index in [1.54, 1.807) is 0 Å². The Labute approximate surface area is 106 Å². The van der Waals surface area contributed by atoms with Gasteiger partial charge in [0.15, 0.2) is 0 Å². The minimum atomic E-state index is -0.523. The number of rotatable bonds is 6. The molecular weight excluding hydrogens is 234 g/mol. The Balaban J connectivity index is 1.78. The molecule has 1 saturated carbocycles. The van der Waals surface area contributed by atoms with Crippen molar-refractivity contribution in [3.63, 3.8) is 0 Å². The number of nitrogens with one attached hydrogen (secondary N) is 2. The van der Waals surface area contributed by atoms with Crippen molar-refractivity contribution in [1.82, 2.24) is 15.5 Å². The molecule has 1 heterocycles. The van der Waals surface area contributed by atoms with E-state index in [4.69, 9.17) is 0 Å². The van der Waals surface area contributed by atoms with Crippen molar-refractivity contribution >= 4 is 17.7 Å². The van der Waals surface area contributed by atoms with Gasteiger partial charge in [-0.05, 0) is 19.3 Å². The van der Waals surface area contributed by atoms with Crippen LogP contribution in [0.5, 0.6) is 0 Å². The number of hydrogen-bond donors (Lipinski definition) is 2. The fourth-order valence-corrected chi connectivity index (χ4v) is 2.07. The highest BCUT2D eigenvalue weighted by Crippen LogP contribution is 2.31. The van der Waals surface area contributed by atoms with E-state index in [1.165, 1.54) is 4.90 Å². The van der Waals surface area contributed by atoms with Crippen LogP contribution in [0.15, 0.2) is 0 Å². The van der Waals surface area contributed by atoms with Crippen molar-refractivity contribution in [2.75, 3.05) is 13.1 Å². The second-order valence-electron chi connectivity index (χ2n) is 4.82. The molecule has 2 N–H and O–H groups in total. The molecule has 1 atom stereocenters. The van der Waals surface area contributed by atoms with Crippen LogP contribution in [0.1, 0.15) is 32.6 Å². The van der Waals surface area contributed by atoms with Gasteiger partial charge in [0.25, 0.3) is 0 Å². The number of hydrogen-bond acceptors (Lipinski definition) is 4. The van der Waals surface area contributed by atoms with E-state index in [2.05, 4.69) is 10.6 Å². The Hall–Kier alpha value is -1.43. The Morgan fingerprint density at radius 3 is 2.72 bits per heavy atom. The van der Waals surface area contributed by atoms with E-state index in [0.717, 1.165) is 19.3 Å². The summed E-state index contributed by atoms with van der Waals surface area (Å²) < 4.78 is 0. The summed E-state index contributed by atoms with van der Waals surface area (Å²) in [4.78, 5) is 36.3. The summed E-state index contributed by atoms with van der Waals surface area (Å²) in [5, 5.41) is 5.58. The lowest BCUT2D eigenvalue weighted by atomic mass is 10.2. The smallest absolute Gasteiger partial charge is 0.247 e. The van der Waals surface area contributed by atoms with E-state index in [1.807, 2.05) is 6.92 Å². The number of imide groups is 1. The van der Waals surface area contributed by atoms with E-state index in [-0.39, 0.29) is 36.7 Å². The summed E-state index contributed by atoms with van der Waals surface area (Å²) in [6.45, 7) is 2.69. The molecule has 1 saturated heterocycles. The number of nitrogens with zero attached hydrogens (tertiary/aromatic N) is 1. The summed E-state index contributed by atoms with van der Waals surface area (Å²) in [5.41, 5.74) is 0. The molecule has 1 unspecified atom stereocenters. The molecule has 0 radical (unpaired) electrons. The van der Waals surface area contributed by atoms with Gasteiger partial charge in [0, 0.05) is 12.6 Å². The average molecular weight is 253 g/mol. The van der Waals surface area contributed by atoms with Gasteiger partial charge in [-0.25, -0.2) is 0 Å². The van der Waals surface area contributed by atoms with Crippen LogP contribution in [0.2, 0.25) is 0 Å². The highest BCUT2D eigenvalue weighted by molar-refractivity contribution is 6.06. The van der Waals surface area contributed by atoms with Crippen LogP contribution in [0.3, 0.4) is 0 Å². The van der Waals surface area contributed by atoms with E-state index in [9.17, 15) is 14.4 Å². The Morgan fingerprint density at radius 1 is 1.39 bits per heavy atom. The molecule has 3 amide bonds. The van der Waals surface area contributed by atoms with Gasteiger partial charge in [0.1, 0.15) is 0 Å². The second kappa shape index (κ2) is 5.48. The van der Waals surface area contributed by atoms with E-state index in [0.29, 0.717) is 6.54 Å². The lowest BCUT2D eigenvalue weighted by molar-refractivity contribution is -0.139. The summed E-state index contributed by atoms with van der Waals surface area (Å²) >= 11 is 0. The van der Waals surface area contributed by atoms with Gasteiger partial charge < -0.3 is 5.32 Å². The van der Waals surface area contributed by atoms with Crippen molar-refractivity contribution in [3.05, 3.63) is 0 Å². The van der Waals surface area contributed by atoms with Crippen LogP contribution in [0.4, 0.5) is 0 Å². The molecule has 0 bridgehead atoms. The van der Waals surface area contributed by atoms with E-state index < -0.39 is 6.04 Å². The second-order valence-corrected chi connectivity index (χ2v) is 4.82. The molecule has 0 aromatic heterocycles. The summed E-state index contributed by atoms with van der Waals surface area (Å²) in [6, 6.07) is -0.406. The van der Waals surface area contributed by atoms with Crippen molar-refractivity contribution in [2.24, 2.45) is 0 Å². The van der Waals surface area contributed by atoms with Gasteiger partial charge in [-0.2, -0.15) is 0 Å². The maximum absolute atomic E-state index is 11.9. The third-order valence-corrected chi connectivity index (χ3v) is 3.18. The molecule has 2 fully saturated rings. The monoisotopic (exact) mass is 253 g/mol. The largest absolute Gasteiger partial charge is 0.355 e. The van der Waals surface area contributed by atoms with Crippen LogP contribution < -0.4 is 10.6 Å². The maximum Gasteiger partial charge on any atom is 0.247 e. The van der Waals surface area contributed by atoms with Gasteiger partial charge in [0.05, 0.1) is 19.0 Å². The molecule has 0 aromatic carbocycles. The lowest BCUT2D eigenvalue weighted by Gasteiger charge is -2.14. The standard InChI is InChI=1S/C12H19N3O3/c1-2-5-13-10(16)7-14-9-6-11(17)15(12(9)18)8-3-4-8/h8-9,14H,2-7H2,1H3,(H,13,16). The van der Waals surface area contributed by atoms with Crippen molar-refractivity contribution in [3.8, 4) is 0 Å². The van der Waals surface area contributed by atoms with Crippen LogP contribution in [0.25, 0.3) is 0 Å². The van der Waals surface area contributed by atoms with Gasteiger partial charge in [-0.15, -0.1) is 0 Å². The molecule has 0 spiro atoms. The predicted molar refractivity (Wildman–Crippen MR) is 64.6 cm³/mol. The zero-order valence-electron chi connectivity index (χ0n) is 10.6. The van der Waals surface area contributed by atoms with Crippen molar-refractivity contribution < 1.29 is 14.4 Å². The van der Waals surface area contributed by atoms with Gasteiger partial charge in [-0.3, -0.25) is 24.6 Å². The summed E-state index contributed by atoms with van der Waals surface area (Å²) in [7, 11) is 0. The summed E-state index contributed by atoms with van der Waals surface area (Å²) in [5.74, 6) is -0.429. The maximum atomic E-state index is 11.9. The molecular formula is C12H19N3O3. The minimum Gasteiger partial charge on any atom is -0.355 e.